The van der Waals surface area contributed by atoms with Crippen LogP contribution in [0.2, 0.25) is 0 Å². The summed E-state index contributed by atoms with van der Waals surface area (Å²) in [5, 5.41) is 20.4. The van der Waals surface area contributed by atoms with Gasteiger partial charge in [0, 0.05) is 6.42 Å². The molecule has 2 atom stereocenters. The number of hydrogen-bond donors (Lipinski definition) is 2. The Morgan fingerprint density at radius 3 is 2.88 bits per heavy atom. The molecule has 0 aromatic heterocycles. The molecule has 1 saturated heterocycles. The van der Waals surface area contributed by atoms with Crippen molar-refractivity contribution in [1.82, 2.24) is 5.32 Å². The molecule has 0 bridgehead atoms. The Labute approximate surface area is 96.6 Å². The molecule has 1 aliphatic heterocycles. The van der Waals surface area contributed by atoms with Crippen LogP contribution in [-0.4, -0.2) is 23.7 Å². The Balaban J connectivity index is 2.20. The molecule has 0 saturated carbocycles. The molecule has 0 aromatic rings. The first-order chi connectivity index (χ1) is 7.74. The Hall–Kier alpha value is -1.08. The summed E-state index contributed by atoms with van der Waals surface area (Å²) in [6, 6.07) is 1.79. The summed E-state index contributed by atoms with van der Waals surface area (Å²) < 4.78 is 0. The highest BCUT2D eigenvalue weighted by atomic mass is 16.4. The molecule has 1 fully saturated rings. The molecule has 0 radical (unpaired) electrons. The van der Waals surface area contributed by atoms with Crippen molar-refractivity contribution in [3.63, 3.8) is 0 Å². The van der Waals surface area contributed by atoms with Gasteiger partial charge in [-0.2, -0.15) is 5.26 Å². The lowest BCUT2D eigenvalue weighted by atomic mass is 9.93. The number of aliphatic carboxylic acids is 1. The molecule has 16 heavy (non-hydrogen) atoms. The lowest BCUT2D eigenvalue weighted by Gasteiger charge is -2.12. The van der Waals surface area contributed by atoms with E-state index in [0.717, 1.165) is 45.1 Å². The normalized spacial score (nSPS) is 25.7. The molecule has 4 heteroatoms. The number of unbranched alkanes of at least 4 members (excludes halogenated alkanes) is 2. The highest BCUT2D eigenvalue weighted by Gasteiger charge is 2.22. The summed E-state index contributed by atoms with van der Waals surface area (Å²) in [7, 11) is 0. The molecule has 0 amide bonds. The van der Waals surface area contributed by atoms with Crippen LogP contribution in [0.5, 0.6) is 0 Å². The van der Waals surface area contributed by atoms with E-state index in [9.17, 15) is 4.79 Å². The first-order valence-electron chi connectivity index (χ1n) is 6.07. The van der Waals surface area contributed by atoms with E-state index in [2.05, 4.69) is 11.4 Å². The van der Waals surface area contributed by atoms with Crippen molar-refractivity contribution < 1.29 is 9.90 Å². The zero-order valence-corrected chi connectivity index (χ0v) is 9.61. The van der Waals surface area contributed by atoms with Gasteiger partial charge in [0.2, 0.25) is 0 Å². The summed E-state index contributed by atoms with van der Waals surface area (Å²) in [5.74, 6) is -0.0966. The van der Waals surface area contributed by atoms with Crippen molar-refractivity contribution in [3.8, 4) is 6.07 Å². The van der Waals surface area contributed by atoms with Crippen molar-refractivity contribution in [1.29, 1.82) is 5.26 Å². The Morgan fingerprint density at radius 1 is 1.38 bits per heavy atom. The zero-order chi connectivity index (χ0) is 11.8. The fourth-order valence-electron chi connectivity index (χ4n) is 2.25. The van der Waals surface area contributed by atoms with Gasteiger partial charge in [-0.15, -0.1) is 0 Å². The number of carbonyl (C=O) groups is 1. The van der Waals surface area contributed by atoms with Crippen molar-refractivity contribution in [2.24, 2.45) is 5.92 Å². The van der Waals surface area contributed by atoms with E-state index in [0.29, 0.717) is 12.3 Å². The molecule has 1 aliphatic rings. The first-order valence-corrected chi connectivity index (χ1v) is 6.07. The van der Waals surface area contributed by atoms with Crippen LogP contribution in [0.25, 0.3) is 0 Å². The molecule has 4 nitrogen and oxygen atoms in total. The zero-order valence-electron chi connectivity index (χ0n) is 9.61. The third-order valence-corrected chi connectivity index (χ3v) is 3.26. The van der Waals surface area contributed by atoms with Crippen LogP contribution in [-0.2, 0) is 4.79 Å². The maximum absolute atomic E-state index is 10.8. The molecule has 0 aromatic carbocycles. The van der Waals surface area contributed by atoms with Crippen LogP contribution in [0.4, 0.5) is 0 Å². The van der Waals surface area contributed by atoms with Gasteiger partial charge in [-0.3, -0.25) is 4.79 Å². The minimum absolute atomic E-state index is 0.357. The largest absolute Gasteiger partial charge is 0.480 e. The predicted molar refractivity (Wildman–Crippen MR) is 60.8 cm³/mol. The summed E-state index contributed by atoms with van der Waals surface area (Å²) >= 11 is 0. The summed E-state index contributed by atoms with van der Waals surface area (Å²) in [6.07, 6.45) is 6.64. The molecule has 2 unspecified atom stereocenters. The number of hydrogen-bond acceptors (Lipinski definition) is 3. The van der Waals surface area contributed by atoms with E-state index in [1.54, 1.807) is 0 Å². The third kappa shape index (κ3) is 4.63. The van der Waals surface area contributed by atoms with E-state index < -0.39 is 5.97 Å². The van der Waals surface area contributed by atoms with Gasteiger partial charge in [-0.25, -0.2) is 0 Å². The van der Waals surface area contributed by atoms with Crippen LogP contribution in [0.3, 0.4) is 0 Å². The van der Waals surface area contributed by atoms with Crippen LogP contribution >= 0.6 is 0 Å². The minimum Gasteiger partial charge on any atom is -0.480 e. The molecule has 2 N–H and O–H groups in total. The summed E-state index contributed by atoms with van der Waals surface area (Å²) in [6.45, 7) is 0.805. The van der Waals surface area contributed by atoms with Crippen LogP contribution in [0.1, 0.15) is 44.9 Å². The van der Waals surface area contributed by atoms with Gasteiger partial charge in [0.05, 0.1) is 6.07 Å². The second kappa shape index (κ2) is 7.24. The number of nitrogens with one attached hydrogen (secondary N) is 1. The molecule has 0 aliphatic carbocycles. The summed E-state index contributed by atoms with van der Waals surface area (Å²) in [5.41, 5.74) is 0. The van der Waals surface area contributed by atoms with Gasteiger partial charge < -0.3 is 10.4 Å². The maximum atomic E-state index is 10.8. The quantitative estimate of drug-likeness (QED) is 0.700. The highest BCUT2D eigenvalue weighted by Crippen LogP contribution is 2.22. The topological polar surface area (TPSA) is 73.1 Å². The van der Waals surface area contributed by atoms with Gasteiger partial charge in [0.25, 0.3) is 0 Å². The molecular formula is C12H20N2O2. The van der Waals surface area contributed by atoms with Gasteiger partial charge in [-0.1, -0.05) is 12.8 Å². The van der Waals surface area contributed by atoms with Crippen LogP contribution in [0.15, 0.2) is 0 Å². The van der Waals surface area contributed by atoms with Crippen molar-refractivity contribution >= 4 is 5.97 Å². The summed E-state index contributed by atoms with van der Waals surface area (Å²) in [4.78, 5) is 10.8. The van der Waals surface area contributed by atoms with Gasteiger partial charge >= 0.3 is 5.97 Å². The van der Waals surface area contributed by atoms with E-state index in [4.69, 9.17) is 10.4 Å². The highest BCUT2D eigenvalue weighted by molar-refractivity contribution is 5.73. The monoisotopic (exact) mass is 224 g/mol. The average molecular weight is 224 g/mol. The fourth-order valence-corrected chi connectivity index (χ4v) is 2.25. The number of carboxylic acids is 1. The van der Waals surface area contributed by atoms with E-state index in [1.165, 1.54) is 0 Å². The fraction of sp³-hybridized carbons (Fsp3) is 0.833. The Kier molecular flexibility index (Phi) is 5.87. The number of rotatable bonds is 5. The van der Waals surface area contributed by atoms with Crippen LogP contribution < -0.4 is 5.32 Å². The van der Waals surface area contributed by atoms with Crippen molar-refractivity contribution in [2.75, 3.05) is 6.54 Å². The standard InChI is InChI=1S/C12H20N2O2/c13-8-3-1-2-4-10-5-6-11(12(15)16)14-9-7-10/h10-11,14H,1-7,9H2,(H,15,16). The lowest BCUT2D eigenvalue weighted by Crippen LogP contribution is -2.35. The number of carboxylic acid groups (broad SMARTS) is 1. The second-order valence-corrected chi connectivity index (χ2v) is 4.48. The van der Waals surface area contributed by atoms with E-state index >= 15 is 0 Å². The first kappa shape index (κ1) is 13.0. The second-order valence-electron chi connectivity index (χ2n) is 4.48. The predicted octanol–water partition coefficient (Wildman–Crippen LogP) is 1.91. The number of nitriles is 1. The lowest BCUT2D eigenvalue weighted by molar-refractivity contribution is -0.139. The molecule has 90 valence electrons. The molecule has 0 spiro atoms. The Morgan fingerprint density at radius 2 is 2.19 bits per heavy atom. The van der Waals surface area contributed by atoms with Gasteiger partial charge in [-0.05, 0) is 38.1 Å². The molecule has 1 heterocycles. The minimum atomic E-state index is -0.731. The van der Waals surface area contributed by atoms with Gasteiger partial charge in [0.15, 0.2) is 0 Å². The van der Waals surface area contributed by atoms with E-state index in [1.807, 2.05) is 0 Å². The van der Waals surface area contributed by atoms with Gasteiger partial charge in [0.1, 0.15) is 6.04 Å². The van der Waals surface area contributed by atoms with Crippen LogP contribution in [0, 0.1) is 17.2 Å². The van der Waals surface area contributed by atoms with E-state index in [-0.39, 0.29) is 6.04 Å². The maximum Gasteiger partial charge on any atom is 0.320 e. The third-order valence-electron chi connectivity index (χ3n) is 3.26. The average Bonchev–Trinajstić information content (AvgIpc) is 2.50. The number of nitrogens with zero attached hydrogens (tertiary/aromatic N) is 1. The Bertz CT molecular complexity index is 260. The van der Waals surface area contributed by atoms with Crippen molar-refractivity contribution in [2.45, 2.75) is 51.0 Å². The van der Waals surface area contributed by atoms with Crippen molar-refractivity contribution in [3.05, 3.63) is 0 Å². The molecular weight excluding hydrogens is 204 g/mol. The molecule has 1 rings (SSSR count). The smallest absolute Gasteiger partial charge is 0.320 e. The SMILES string of the molecule is N#CCCCCC1CCNC(C(=O)O)CC1.